The predicted octanol–water partition coefficient (Wildman–Crippen LogP) is 2.49. The molecular weight excluding hydrogens is 234 g/mol. The first kappa shape index (κ1) is 10.4. The van der Waals surface area contributed by atoms with Gasteiger partial charge in [0.2, 0.25) is 0 Å². The lowest BCUT2D eigenvalue weighted by Crippen LogP contribution is -1.80. The quantitative estimate of drug-likeness (QED) is 0.729. The molecule has 0 aliphatic carbocycles. The fourth-order valence-electron chi connectivity index (χ4n) is 1.77. The maximum Gasteiger partial charge on any atom is 0.124 e. The fraction of sp³-hybridized carbons (Fsp3) is 0.167. The van der Waals surface area contributed by atoms with Crippen LogP contribution in [0, 0.1) is 6.92 Å². The molecule has 0 atom stereocenters. The number of hydrogen-bond donors (Lipinski definition) is 2. The Balaban J connectivity index is 2.12. The van der Waals surface area contributed by atoms with Crippen LogP contribution in [0.15, 0.2) is 24.5 Å². The lowest BCUT2D eigenvalue weighted by molar-refractivity contribution is 0.284. The van der Waals surface area contributed by atoms with Crippen LogP contribution in [0.2, 0.25) is 0 Å². The van der Waals surface area contributed by atoms with Crippen LogP contribution in [0.5, 0.6) is 0 Å². The summed E-state index contributed by atoms with van der Waals surface area (Å²) in [5.41, 5.74) is 3.90. The molecule has 2 N–H and O–H groups in total. The van der Waals surface area contributed by atoms with E-state index in [1.54, 1.807) is 6.33 Å². The Morgan fingerprint density at radius 2 is 2.29 bits per heavy atom. The van der Waals surface area contributed by atoms with Crippen molar-refractivity contribution in [2.75, 3.05) is 0 Å². The van der Waals surface area contributed by atoms with Gasteiger partial charge in [-0.05, 0) is 25.1 Å². The van der Waals surface area contributed by atoms with Crippen LogP contribution in [0.4, 0.5) is 0 Å². The van der Waals surface area contributed by atoms with Gasteiger partial charge in [-0.3, -0.25) is 0 Å². The third-order valence-corrected chi connectivity index (χ3v) is 3.89. The largest absolute Gasteiger partial charge is 0.391 e. The molecule has 0 spiro atoms. The molecule has 0 aliphatic rings. The molecule has 0 saturated heterocycles. The number of nitrogens with zero attached hydrogens (tertiary/aromatic N) is 2. The maximum atomic E-state index is 9.17. The molecule has 0 bridgehead atoms. The van der Waals surface area contributed by atoms with Crippen LogP contribution >= 0.6 is 11.3 Å². The van der Waals surface area contributed by atoms with E-state index in [0.29, 0.717) is 0 Å². The molecule has 86 valence electrons. The van der Waals surface area contributed by atoms with Gasteiger partial charge in [-0.25, -0.2) is 9.97 Å². The average Bonchev–Trinajstić information content (AvgIpc) is 2.93. The SMILES string of the molecule is Cc1nc(-c2ccc3nc[nH]c3c2)sc1CO. The highest BCUT2D eigenvalue weighted by molar-refractivity contribution is 7.15. The third-order valence-electron chi connectivity index (χ3n) is 2.70. The maximum absolute atomic E-state index is 9.17. The van der Waals surface area contributed by atoms with Gasteiger partial charge in [0.1, 0.15) is 5.01 Å². The molecule has 1 aromatic carbocycles. The monoisotopic (exact) mass is 245 g/mol. The summed E-state index contributed by atoms with van der Waals surface area (Å²) in [5, 5.41) is 10.1. The van der Waals surface area contributed by atoms with Crippen molar-refractivity contribution in [3.05, 3.63) is 35.1 Å². The van der Waals surface area contributed by atoms with E-state index in [2.05, 4.69) is 15.0 Å². The van der Waals surface area contributed by atoms with Gasteiger partial charge in [-0.15, -0.1) is 11.3 Å². The van der Waals surface area contributed by atoms with Crippen molar-refractivity contribution in [1.82, 2.24) is 15.0 Å². The number of fused-ring (bicyclic) bond motifs is 1. The third kappa shape index (κ3) is 1.73. The molecule has 5 heteroatoms. The van der Waals surface area contributed by atoms with Gasteiger partial charge in [0.25, 0.3) is 0 Å². The highest BCUT2D eigenvalue weighted by Crippen LogP contribution is 2.29. The predicted molar refractivity (Wildman–Crippen MR) is 67.9 cm³/mol. The van der Waals surface area contributed by atoms with E-state index >= 15 is 0 Å². The van der Waals surface area contributed by atoms with Crippen molar-refractivity contribution in [1.29, 1.82) is 0 Å². The Hall–Kier alpha value is -1.72. The molecule has 3 aromatic rings. The van der Waals surface area contributed by atoms with Crippen LogP contribution < -0.4 is 0 Å². The first-order chi connectivity index (χ1) is 8.28. The molecular formula is C12H11N3OS. The number of H-pyrrole nitrogens is 1. The van der Waals surface area contributed by atoms with Crippen LogP contribution in [0.25, 0.3) is 21.6 Å². The minimum atomic E-state index is 0.0514. The number of benzene rings is 1. The Morgan fingerprint density at radius 3 is 3.06 bits per heavy atom. The zero-order chi connectivity index (χ0) is 11.8. The van der Waals surface area contributed by atoms with E-state index in [4.69, 9.17) is 0 Å². The number of aromatic amines is 1. The number of aliphatic hydroxyl groups excluding tert-OH is 1. The molecule has 0 radical (unpaired) electrons. The van der Waals surface area contributed by atoms with E-state index in [1.807, 2.05) is 25.1 Å². The summed E-state index contributed by atoms with van der Waals surface area (Å²) in [4.78, 5) is 12.6. The molecule has 0 aliphatic heterocycles. The number of hydrogen-bond acceptors (Lipinski definition) is 4. The Labute approximate surface area is 102 Å². The number of aliphatic hydroxyl groups is 1. The number of imidazole rings is 1. The van der Waals surface area contributed by atoms with Gasteiger partial charge in [-0.2, -0.15) is 0 Å². The van der Waals surface area contributed by atoms with Gasteiger partial charge in [0.05, 0.1) is 34.5 Å². The second-order valence-electron chi connectivity index (χ2n) is 3.82. The van der Waals surface area contributed by atoms with Gasteiger partial charge >= 0.3 is 0 Å². The van der Waals surface area contributed by atoms with Crippen molar-refractivity contribution in [2.24, 2.45) is 0 Å². The highest BCUT2D eigenvalue weighted by atomic mass is 32.1. The molecule has 17 heavy (non-hydrogen) atoms. The number of thiazole rings is 1. The summed E-state index contributed by atoms with van der Waals surface area (Å²) in [6.07, 6.45) is 1.68. The Morgan fingerprint density at radius 1 is 1.41 bits per heavy atom. The molecule has 0 saturated carbocycles. The van der Waals surface area contributed by atoms with E-state index < -0.39 is 0 Å². The molecule has 3 rings (SSSR count). The summed E-state index contributed by atoms with van der Waals surface area (Å²) < 4.78 is 0. The summed E-state index contributed by atoms with van der Waals surface area (Å²) in [6.45, 7) is 1.97. The standard InChI is InChI=1S/C12H11N3OS/c1-7-11(5-16)17-12(15-7)8-2-3-9-10(4-8)14-6-13-9/h2-4,6,16H,5H2,1H3,(H,13,14). The summed E-state index contributed by atoms with van der Waals surface area (Å²) in [6, 6.07) is 6.00. The first-order valence-corrected chi connectivity index (χ1v) is 6.10. The average molecular weight is 245 g/mol. The lowest BCUT2D eigenvalue weighted by Gasteiger charge is -1.95. The minimum Gasteiger partial charge on any atom is -0.391 e. The van der Waals surface area contributed by atoms with Crippen molar-refractivity contribution in [2.45, 2.75) is 13.5 Å². The van der Waals surface area contributed by atoms with Crippen LogP contribution in [-0.2, 0) is 6.61 Å². The van der Waals surface area contributed by atoms with E-state index in [-0.39, 0.29) is 6.61 Å². The summed E-state index contributed by atoms with van der Waals surface area (Å²) in [5.74, 6) is 0. The molecule has 0 unspecified atom stereocenters. The van der Waals surface area contributed by atoms with Crippen LogP contribution in [0.3, 0.4) is 0 Å². The molecule has 2 aromatic heterocycles. The lowest BCUT2D eigenvalue weighted by atomic mass is 10.2. The van der Waals surface area contributed by atoms with E-state index in [9.17, 15) is 5.11 Å². The van der Waals surface area contributed by atoms with E-state index in [1.165, 1.54) is 11.3 Å². The fourth-order valence-corrected chi connectivity index (χ4v) is 2.69. The van der Waals surface area contributed by atoms with Crippen LogP contribution in [-0.4, -0.2) is 20.1 Å². The van der Waals surface area contributed by atoms with Crippen molar-refractivity contribution in [3.8, 4) is 10.6 Å². The zero-order valence-corrected chi connectivity index (χ0v) is 10.1. The molecule has 0 fully saturated rings. The normalized spacial score (nSPS) is 11.2. The molecule has 2 heterocycles. The topological polar surface area (TPSA) is 61.8 Å². The van der Waals surface area contributed by atoms with Gasteiger partial charge in [0.15, 0.2) is 0 Å². The number of rotatable bonds is 2. The second kappa shape index (κ2) is 3.94. The number of aryl methyl sites for hydroxylation is 1. The first-order valence-electron chi connectivity index (χ1n) is 5.28. The van der Waals surface area contributed by atoms with Gasteiger partial charge < -0.3 is 10.1 Å². The second-order valence-corrected chi connectivity index (χ2v) is 4.90. The van der Waals surface area contributed by atoms with Crippen LogP contribution in [0.1, 0.15) is 10.6 Å². The van der Waals surface area contributed by atoms with Crippen molar-refractivity contribution in [3.63, 3.8) is 0 Å². The van der Waals surface area contributed by atoms with Gasteiger partial charge in [0, 0.05) is 5.56 Å². The highest BCUT2D eigenvalue weighted by Gasteiger charge is 2.09. The van der Waals surface area contributed by atoms with Crippen molar-refractivity contribution < 1.29 is 5.11 Å². The smallest absolute Gasteiger partial charge is 0.124 e. The molecule has 0 amide bonds. The minimum absolute atomic E-state index is 0.0514. The van der Waals surface area contributed by atoms with E-state index in [0.717, 1.165) is 32.2 Å². The van der Waals surface area contributed by atoms with Gasteiger partial charge in [-0.1, -0.05) is 0 Å². The molecule has 4 nitrogen and oxygen atoms in total. The summed E-state index contributed by atoms with van der Waals surface area (Å²) >= 11 is 1.53. The Bertz CT molecular complexity index is 671. The number of nitrogens with one attached hydrogen (secondary N) is 1. The summed E-state index contributed by atoms with van der Waals surface area (Å²) in [7, 11) is 0. The Kier molecular flexibility index (Phi) is 2.42. The van der Waals surface area contributed by atoms with Crippen molar-refractivity contribution >= 4 is 22.4 Å². The zero-order valence-electron chi connectivity index (χ0n) is 9.27. The number of aromatic nitrogens is 3.